The first-order chi connectivity index (χ1) is 10.3. The summed E-state index contributed by atoms with van der Waals surface area (Å²) in [7, 11) is 0. The molecule has 3 N–H and O–H groups in total. The second kappa shape index (κ2) is 8.29. The van der Waals surface area contributed by atoms with Crippen LogP contribution in [-0.2, 0) is 11.3 Å². The molecule has 0 radical (unpaired) electrons. The SMILES string of the molecule is CCNC(=NCC(=O)NCc1ccccc1)NCC1CC1. The van der Waals surface area contributed by atoms with Crippen LogP contribution in [0.2, 0.25) is 0 Å². The van der Waals surface area contributed by atoms with E-state index in [0.29, 0.717) is 6.54 Å². The quantitative estimate of drug-likeness (QED) is 0.523. The van der Waals surface area contributed by atoms with Crippen LogP contribution in [0.25, 0.3) is 0 Å². The Kier molecular flexibility index (Phi) is 6.06. The molecule has 1 aromatic carbocycles. The van der Waals surface area contributed by atoms with Crippen molar-refractivity contribution >= 4 is 11.9 Å². The van der Waals surface area contributed by atoms with E-state index in [9.17, 15) is 4.79 Å². The average molecular weight is 288 g/mol. The summed E-state index contributed by atoms with van der Waals surface area (Å²) in [6, 6.07) is 9.87. The van der Waals surface area contributed by atoms with Gasteiger partial charge in [-0.15, -0.1) is 0 Å². The van der Waals surface area contributed by atoms with Crippen LogP contribution in [0.3, 0.4) is 0 Å². The molecule has 0 saturated heterocycles. The highest BCUT2D eigenvalue weighted by Crippen LogP contribution is 2.27. The number of amides is 1. The first-order valence-corrected chi connectivity index (χ1v) is 7.60. The Labute approximate surface area is 126 Å². The van der Waals surface area contributed by atoms with Crippen LogP contribution in [0.15, 0.2) is 35.3 Å². The second-order valence-corrected chi connectivity index (χ2v) is 5.28. The van der Waals surface area contributed by atoms with Gasteiger partial charge in [0.2, 0.25) is 5.91 Å². The highest BCUT2D eigenvalue weighted by molar-refractivity contribution is 5.84. The maximum atomic E-state index is 11.8. The minimum absolute atomic E-state index is 0.0671. The minimum atomic E-state index is -0.0671. The molecular weight excluding hydrogens is 264 g/mol. The van der Waals surface area contributed by atoms with E-state index in [1.807, 2.05) is 37.3 Å². The van der Waals surface area contributed by atoms with Crippen molar-refractivity contribution in [3.63, 3.8) is 0 Å². The van der Waals surface area contributed by atoms with Crippen molar-refractivity contribution in [1.29, 1.82) is 0 Å². The fourth-order valence-corrected chi connectivity index (χ4v) is 1.91. The highest BCUT2D eigenvalue weighted by Gasteiger charge is 2.21. The number of aliphatic imine (C=N–C) groups is 1. The van der Waals surface area contributed by atoms with Gasteiger partial charge in [0.05, 0.1) is 0 Å². The van der Waals surface area contributed by atoms with Crippen LogP contribution in [0.1, 0.15) is 25.3 Å². The Balaban J connectivity index is 1.72. The Morgan fingerprint density at radius 1 is 1.19 bits per heavy atom. The summed E-state index contributed by atoms with van der Waals surface area (Å²) in [5, 5.41) is 9.30. The fraction of sp³-hybridized carbons (Fsp3) is 0.500. The number of rotatable bonds is 7. The Bertz CT molecular complexity index is 468. The molecule has 1 saturated carbocycles. The van der Waals surface area contributed by atoms with Crippen LogP contribution in [-0.4, -0.2) is 31.5 Å². The van der Waals surface area contributed by atoms with Crippen molar-refractivity contribution in [2.24, 2.45) is 10.9 Å². The summed E-state index contributed by atoms with van der Waals surface area (Å²) in [5.74, 6) is 1.43. The van der Waals surface area contributed by atoms with E-state index >= 15 is 0 Å². The molecule has 0 bridgehead atoms. The molecule has 1 aliphatic carbocycles. The van der Waals surface area contributed by atoms with E-state index in [2.05, 4.69) is 20.9 Å². The van der Waals surface area contributed by atoms with Crippen molar-refractivity contribution in [2.75, 3.05) is 19.6 Å². The topological polar surface area (TPSA) is 65.5 Å². The first kappa shape index (κ1) is 15.4. The number of carbonyl (C=O) groups is 1. The number of carbonyl (C=O) groups excluding carboxylic acids is 1. The lowest BCUT2D eigenvalue weighted by atomic mass is 10.2. The Morgan fingerprint density at radius 2 is 1.95 bits per heavy atom. The van der Waals surface area contributed by atoms with Crippen LogP contribution in [0.4, 0.5) is 0 Å². The van der Waals surface area contributed by atoms with E-state index in [4.69, 9.17) is 0 Å². The number of hydrogen-bond acceptors (Lipinski definition) is 2. The number of nitrogens with zero attached hydrogens (tertiary/aromatic N) is 1. The zero-order valence-electron chi connectivity index (χ0n) is 12.6. The molecule has 5 nitrogen and oxygen atoms in total. The molecule has 0 heterocycles. The zero-order valence-corrected chi connectivity index (χ0v) is 12.6. The number of benzene rings is 1. The monoisotopic (exact) mass is 288 g/mol. The van der Waals surface area contributed by atoms with E-state index in [1.165, 1.54) is 12.8 Å². The van der Waals surface area contributed by atoms with Crippen molar-refractivity contribution in [1.82, 2.24) is 16.0 Å². The summed E-state index contributed by atoms with van der Waals surface area (Å²) >= 11 is 0. The van der Waals surface area contributed by atoms with Crippen molar-refractivity contribution < 1.29 is 4.79 Å². The van der Waals surface area contributed by atoms with Gasteiger partial charge in [0.1, 0.15) is 6.54 Å². The third-order valence-corrected chi connectivity index (χ3v) is 3.31. The number of hydrogen-bond donors (Lipinski definition) is 3. The lowest BCUT2D eigenvalue weighted by Crippen LogP contribution is -2.39. The maximum absolute atomic E-state index is 11.8. The van der Waals surface area contributed by atoms with Crippen LogP contribution >= 0.6 is 0 Å². The normalized spacial score (nSPS) is 14.6. The lowest BCUT2D eigenvalue weighted by Gasteiger charge is -2.10. The second-order valence-electron chi connectivity index (χ2n) is 5.28. The molecule has 0 spiro atoms. The fourth-order valence-electron chi connectivity index (χ4n) is 1.91. The van der Waals surface area contributed by atoms with E-state index in [-0.39, 0.29) is 12.5 Å². The van der Waals surface area contributed by atoms with Gasteiger partial charge >= 0.3 is 0 Å². The van der Waals surface area contributed by atoms with Gasteiger partial charge < -0.3 is 16.0 Å². The molecule has 114 valence electrons. The van der Waals surface area contributed by atoms with Crippen LogP contribution in [0.5, 0.6) is 0 Å². The van der Waals surface area contributed by atoms with Gasteiger partial charge in [-0.2, -0.15) is 0 Å². The third-order valence-electron chi connectivity index (χ3n) is 3.31. The molecule has 2 rings (SSSR count). The smallest absolute Gasteiger partial charge is 0.242 e. The van der Waals surface area contributed by atoms with Gasteiger partial charge in [-0.25, -0.2) is 4.99 Å². The lowest BCUT2D eigenvalue weighted by molar-refractivity contribution is -0.119. The van der Waals surface area contributed by atoms with Gasteiger partial charge in [0, 0.05) is 19.6 Å². The van der Waals surface area contributed by atoms with Crippen LogP contribution in [0, 0.1) is 5.92 Å². The molecular formula is C16H24N4O. The predicted molar refractivity (Wildman–Crippen MR) is 85.0 cm³/mol. The molecule has 1 fully saturated rings. The third kappa shape index (κ3) is 6.29. The summed E-state index contributed by atoms with van der Waals surface area (Å²) in [5.41, 5.74) is 1.09. The van der Waals surface area contributed by atoms with E-state index in [0.717, 1.165) is 30.5 Å². The Hall–Kier alpha value is -2.04. The van der Waals surface area contributed by atoms with Crippen molar-refractivity contribution in [3.05, 3.63) is 35.9 Å². The molecule has 1 aliphatic rings. The molecule has 21 heavy (non-hydrogen) atoms. The van der Waals surface area contributed by atoms with Crippen molar-refractivity contribution in [2.45, 2.75) is 26.3 Å². The highest BCUT2D eigenvalue weighted by atomic mass is 16.1. The molecule has 0 unspecified atom stereocenters. The molecule has 0 aromatic heterocycles. The Morgan fingerprint density at radius 3 is 2.62 bits per heavy atom. The largest absolute Gasteiger partial charge is 0.357 e. The van der Waals surface area contributed by atoms with E-state index in [1.54, 1.807) is 0 Å². The standard InChI is InChI=1S/C16H24N4O/c1-2-17-16(19-11-14-8-9-14)20-12-15(21)18-10-13-6-4-3-5-7-13/h3-7,14H,2,8-12H2,1H3,(H,18,21)(H2,17,19,20). The van der Waals surface area contributed by atoms with E-state index < -0.39 is 0 Å². The van der Waals surface area contributed by atoms with Crippen molar-refractivity contribution in [3.8, 4) is 0 Å². The number of nitrogens with one attached hydrogen (secondary N) is 3. The summed E-state index contributed by atoms with van der Waals surface area (Å²) in [6.45, 7) is 4.44. The van der Waals surface area contributed by atoms with Gasteiger partial charge in [-0.1, -0.05) is 30.3 Å². The van der Waals surface area contributed by atoms with Gasteiger partial charge in [-0.3, -0.25) is 4.79 Å². The zero-order chi connectivity index (χ0) is 14.9. The number of guanidine groups is 1. The average Bonchev–Trinajstić information content (AvgIpc) is 3.33. The predicted octanol–water partition coefficient (Wildman–Crippen LogP) is 1.27. The summed E-state index contributed by atoms with van der Waals surface area (Å²) in [6.07, 6.45) is 2.59. The van der Waals surface area contributed by atoms with Crippen LogP contribution < -0.4 is 16.0 Å². The molecule has 0 aliphatic heterocycles. The van der Waals surface area contributed by atoms with Gasteiger partial charge in [0.15, 0.2) is 5.96 Å². The molecule has 5 heteroatoms. The van der Waals surface area contributed by atoms with Gasteiger partial charge in [0.25, 0.3) is 0 Å². The summed E-state index contributed by atoms with van der Waals surface area (Å²) < 4.78 is 0. The molecule has 1 amide bonds. The maximum Gasteiger partial charge on any atom is 0.242 e. The minimum Gasteiger partial charge on any atom is -0.357 e. The van der Waals surface area contributed by atoms with Gasteiger partial charge in [-0.05, 0) is 31.2 Å². The summed E-state index contributed by atoms with van der Waals surface area (Å²) in [4.78, 5) is 16.1. The molecule has 0 atom stereocenters. The first-order valence-electron chi connectivity index (χ1n) is 7.60. The molecule has 1 aromatic rings.